The van der Waals surface area contributed by atoms with Crippen molar-refractivity contribution < 1.29 is 9.47 Å². The van der Waals surface area contributed by atoms with E-state index in [0.717, 1.165) is 11.5 Å². The number of ether oxygens (including phenoxy) is 2. The molecule has 6 nitrogen and oxygen atoms in total. The highest BCUT2D eigenvalue weighted by Crippen LogP contribution is 2.18. The molecular formula is C14H17ClN4O2. The highest BCUT2D eigenvalue weighted by Gasteiger charge is 2.06. The molecular weight excluding hydrogens is 292 g/mol. The van der Waals surface area contributed by atoms with Crippen LogP contribution in [0.1, 0.15) is 6.92 Å². The lowest BCUT2D eigenvalue weighted by atomic mass is 10.3. The van der Waals surface area contributed by atoms with Gasteiger partial charge in [0.05, 0.1) is 13.7 Å². The van der Waals surface area contributed by atoms with Crippen LogP contribution in [0, 0.1) is 0 Å². The third-order valence-electron chi connectivity index (χ3n) is 2.68. The molecule has 0 fully saturated rings. The predicted octanol–water partition coefficient (Wildman–Crippen LogP) is 2.60. The van der Waals surface area contributed by atoms with E-state index in [9.17, 15) is 0 Å². The molecule has 1 unspecified atom stereocenters. The fraction of sp³-hybridized carbons (Fsp3) is 0.286. The molecule has 0 aliphatic rings. The molecule has 0 spiro atoms. The van der Waals surface area contributed by atoms with Crippen molar-refractivity contribution in [3.8, 4) is 11.5 Å². The minimum Gasteiger partial charge on any atom is -0.497 e. The van der Waals surface area contributed by atoms with Gasteiger partial charge in [0.15, 0.2) is 0 Å². The minimum absolute atomic E-state index is 0.0617. The summed E-state index contributed by atoms with van der Waals surface area (Å²) in [5.74, 6) is 2.26. The lowest BCUT2D eigenvalue weighted by Gasteiger charge is -2.16. The zero-order valence-corrected chi connectivity index (χ0v) is 12.6. The Kier molecular flexibility index (Phi) is 5.05. The Morgan fingerprint density at radius 1 is 1.24 bits per heavy atom. The number of aromatic nitrogens is 2. The molecule has 7 heteroatoms. The van der Waals surface area contributed by atoms with Crippen LogP contribution in [0.25, 0.3) is 0 Å². The topological polar surface area (TPSA) is 82.3 Å². The summed E-state index contributed by atoms with van der Waals surface area (Å²) >= 11 is 5.81. The number of methoxy groups -OCH3 is 1. The summed E-state index contributed by atoms with van der Waals surface area (Å²) in [6, 6.07) is 9.02. The van der Waals surface area contributed by atoms with Gasteiger partial charge in [-0.3, -0.25) is 0 Å². The molecule has 0 bridgehead atoms. The quantitative estimate of drug-likeness (QED) is 0.798. The van der Waals surface area contributed by atoms with Gasteiger partial charge in [-0.05, 0) is 31.2 Å². The normalized spacial score (nSPS) is 11.8. The first kappa shape index (κ1) is 15.2. The predicted molar refractivity (Wildman–Crippen MR) is 83.0 cm³/mol. The van der Waals surface area contributed by atoms with Gasteiger partial charge in [0.2, 0.25) is 5.95 Å². The molecule has 0 saturated heterocycles. The van der Waals surface area contributed by atoms with Gasteiger partial charge in [0, 0.05) is 6.07 Å². The van der Waals surface area contributed by atoms with Crippen LogP contribution in [0.3, 0.4) is 0 Å². The van der Waals surface area contributed by atoms with E-state index < -0.39 is 0 Å². The van der Waals surface area contributed by atoms with E-state index in [0.29, 0.717) is 17.5 Å². The summed E-state index contributed by atoms with van der Waals surface area (Å²) in [4.78, 5) is 7.83. The van der Waals surface area contributed by atoms with Crippen LogP contribution >= 0.6 is 11.6 Å². The Labute approximate surface area is 128 Å². The second kappa shape index (κ2) is 6.99. The Morgan fingerprint density at radius 3 is 2.52 bits per heavy atom. The van der Waals surface area contributed by atoms with Gasteiger partial charge in [0.25, 0.3) is 0 Å². The van der Waals surface area contributed by atoms with Gasteiger partial charge in [-0.25, -0.2) is 4.98 Å². The Hall–Kier alpha value is -2.21. The first-order valence-corrected chi connectivity index (χ1v) is 6.79. The zero-order valence-electron chi connectivity index (χ0n) is 11.8. The van der Waals surface area contributed by atoms with Gasteiger partial charge < -0.3 is 20.5 Å². The van der Waals surface area contributed by atoms with Gasteiger partial charge in [-0.1, -0.05) is 11.6 Å². The maximum Gasteiger partial charge on any atom is 0.223 e. The van der Waals surface area contributed by atoms with Gasteiger partial charge in [-0.15, -0.1) is 0 Å². The van der Waals surface area contributed by atoms with E-state index >= 15 is 0 Å². The third kappa shape index (κ3) is 4.68. The van der Waals surface area contributed by atoms with Gasteiger partial charge in [-0.2, -0.15) is 4.98 Å². The summed E-state index contributed by atoms with van der Waals surface area (Å²) in [6.07, 6.45) is -0.0617. The van der Waals surface area contributed by atoms with Crippen molar-refractivity contribution in [1.82, 2.24) is 9.97 Å². The van der Waals surface area contributed by atoms with E-state index in [-0.39, 0.29) is 12.1 Å². The van der Waals surface area contributed by atoms with Gasteiger partial charge in [0.1, 0.15) is 28.6 Å². The summed E-state index contributed by atoms with van der Waals surface area (Å²) in [5, 5.41) is 3.40. The number of halogens is 1. The molecule has 0 saturated carbocycles. The Morgan fingerprint density at radius 2 is 1.90 bits per heavy atom. The van der Waals surface area contributed by atoms with Crippen LogP contribution in [0.5, 0.6) is 11.5 Å². The smallest absolute Gasteiger partial charge is 0.223 e. The molecule has 112 valence electrons. The summed E-state index contributed by atoms with van der Waals surface area (Å²) in [6.45, 7) is 2.50. The van der Waals surface area contributed by atoms with Crippen LogP contribution < -0.4 is 20.5 Å². The molecule has 0 amide bonds. The molecule has 21 heavy (non-hydrogen) atoms. The van der Waals surface area contributed by atoms with E-state index in [4.69, 9.17) is 26.8 Å². The third-order valence-corrected chi connectivity index (χ3v) is 2.87. The first-order chi connectivity index (χ1) is 10.1. The number of nitrogen functional groups attached to an aromatic ring is 1. The lowest BCUT2D eigenvalue weighted by Crippen LogP contribution is -2.23. The first-order valence-electron chi connectivity index (χ1n) is 6.41. The molecule has 2 rings (SSSR count). The number of hydrogen-bond acceptors (Lipinski definition) is 6. The highest BCUT2D eigenvalue weighted by atomic mass is 35.5. The molecule has 0 aliphatic heterocycles. The molecule has 3 N–H and O–H groups in total. The molecule has 1 heterocycles. The summed E-state index contributed by atoms with van der Waals surface area (Å²) < 4.78 is 10.9. The summed E-state index contributed by atoms with van der Waals surface area (Å²) in [5.41, 5.74) is 5.53. The average Bonchev–Trinajstić information content (AvgIpc) is 2.45. The Bertz CT molecular complexity index is 572. The van der Waals surface area contributed by atoms with Crippen molar-refractivity contribution in [1.29, 1.82) is 0 Å². The maximum atomic E-state index is 5.81. The van der Waals surface area contributed by atoms with E-state index in [1.807, 2.05) is 31.2 Å². The van der Waals surface area contributed by atoms with Crippen molar-refractivity contribution in [3.63, 3.8) is 0 Å². The van der Waals surface area contributed by atoms with Crippen LogP contribution in [-0.2, 0) is 0 Å². The van der Waals surface area contributed by atoms with Crippen LogP contribution in [0.4, 0.5) is 11.8 Å². The SMILES string of the molecule is COc1ccc(OC(C)CNc2cc(Cl)nc(N)n2)cc1. The Balaban J connectivity index is 1.87. The molecule has 1 atom stereocenters. The number of hydrogen-bond donors (Lipinski definition) is 2. The fourth-order valence-corrected chi connectivity index (χ4v) is 1.89. The molecule has 0 aliphatic carbocycles. The van der Waals surface area contributed by atoms with Gasteiger partial charge >= 0.3 is 0 Å². The molecule has 2 aromatic rings. The maximum absolute atomic E-state index is 5.81. The second-order valence-corrected chi connectivity index (χ2v) is 4.81. The van der Waals surface area contributed by atoms with E-state index in [1.165, 1.54) is 0 Å². The summed E-state index contributed by atoms with van der Waals surface area (Å²) in [7, 11) is 1.63. The number of benzene rings is 1. The highest BCUT2D eigenvalue weighted by molar-refractivity contribution is 6.29. The molecule has 1 aromatic heterocycles. The standard InChI is InChI=1S/C14H17ClN4O2/c1-9(21-11-5-3-10(20-2)4-6-11)8-17-13-7-12(15)18-14(16)19-13/h3-7,9H,8H2,1-2H3,(H3,16,17,18,19). The lowest BCUT2D eigenvalue weighted by molar-refractivity contribution is 0.234. The fourth-order valence-electron chi connectivity index (χ4n) is 1.70. The van der Waals surface area contributed by atoms with Crippen molar-refractivity contribution in [2.75, 3.05) is 24.7 Å². The average molecular weight is 309 g/mol. The largest absolute Gasteiger partial charge is 0.497 e. The van der Waals surface area contributed by atoms with Crippen molar-refractivity contribution in [3.05, 3.63) is 35.5 Å². The van der Waals surface area contributed by atoms with Crippen LogP contribution in [-0.4, -0.2) is 29.7 Å². The number of anilines is 2. The monoisotopic (exact) mass is 308 g/mol. The van der Waals surface area contributed by atoms with E-state index in [2.05, 4.69) is 15.3 Å². The van der Waals surface area contributed by atoms with E-state index in [1.54, 1.807) is 13.2 Å². The zero-order chi connectivity index (χ0) is 15.2. The number of nitrogens with one attached hydrogen (secondary N) is 1. The van der Waals surface area contributed by atoms with Crippen molar-refractivity contribution in [2.24, 2.45) is 0 Å². The van der Waals surface area contributed by atoms with Crippen molar-refractivity contribution in [2.45, 2.75) is 13.0 Å². The van der Waals surface area contributed by atoms with Crippen LogP contribution in [0.2, 0.25) is 5.15 Å². The minimum atomic E-state index is -0.0617. The van der Waals surface area contributed by atoms with Crippen molar-refractivity contribution >= 4 is 23.4 Å². The van der Waals surface area contributed by atoms with Crippen LogP contribution in [0.15, 0.2) is 30.3 Å². The number of nitrogens with two attached hydrogens (primary N) is 1. The molecule has 0 radical (unpaired) electrons. The second-order valence-electron chi connectivity index (χ2n) is 4.42. The molecule has 1 aromatic carbocycles. The number of rotatable bonds is 6. The number of nitrogens with zero attached hydrogens (tertiary/aromatic N) is 2.